The molecule has 0 spiro atoms. The van der Waals surface area contributed by atoms with Crippen LogP contribution in [-0.4, -0.2) is 68.0 Å². The van der Waals surface area contributed by atoms with Gasteiger partial charge in [0.05, 0.1) is 25.4 Å². The summed E-state index contributed by atoms with van der Waals surface area (Å²) in [5.74, 6) is -0.407. The topological polar surface area (TPSA) is 91.4 Å². The first kappa shape index (κ1) is 27.5. The Hall–Kier alpha value is -2.71. The molecule has 0 N–H and O–H groups in total. The van der Waals surface area contributed by atoms with Gasteiger partial charge in [-0.25, -0.2) is 0 Å². The third-order valence-corrected chi connectivity index (χ3v) is 6.33. The molecule has 1 aromatic rings. The van der Waals surface area contributed by atoms with E-state index < -0.39 is 17.8 Å². The zero-order valence-electron chi connectivity index (χ0n) is 21.4. The Morgan fingerprint density at radius 2 is 1.50 bits per heavy atom. The molecule has 1 amide bonds. The maximum absolute atomic E-state index is 13.0. The first-order chi connectivity index (χ1) is 15.9. The molecule has 0 saturated carbocycles. The average Bonchev–Trinajstić information content (AvgIpc) is 3.52. The third kappa shape index (κ3) is 6.67. The number of benzene rings is 1. The van der Waals surface area contributed by atoms with E-state index in [1.54, 1.807) is 6.07 Å². The van der Waals surface area contributed by atoms with E-state index in [-0.39, 0.29) is 24.3 Å². The SMILES string of the molecule is CC1(C)OCOC1(C)C.CC[C]1C=C1c1cc(C)ccc1C(=O)N(CC(=O)OC)CC(=O)OC. The lowest BCUT2D eigenvalue weighted by atomic mass is 9.90. The van der Waals surface area contributed by atoms with Crippen molar-refractivity contribution in [3.63, 3.8) is 0 Å². The van der Waals surface area contributed by atoms with E-state index in [4.69, 9.17) is 9.47 Å². The van der Waals surface area contributed by atoms with Crippen LogP contribution in [0, 0.1) is 12.8 Å². The largest absolute Gasteiger partial charge is 0.468 e. The molecule has 0 unspecified atom stereocenters. The van der Waals surface area contributed by atoms with Crippen LogP contribution in [0.25, 0.3) is 5.57 Å². The van der Waals surface area contributed by atoms with Crippen molar-refractivity contribution in [2.75, 3.05) is 34.1 Å². The van der Waals surface area contributed by atoms with Gasteiger partial charge in [-0.3, -0.25) is 14.4 Å². The van der Waals surface area contributed by atoms with Crippen molar-refractivity contribution in [1.82, 2.24) is 4.90 Å². The fourth-order valence-corrected chi connectivity index (χ4v) is 3.23. The Morgan fingerprint density at radius 3 is 1.88 bits per heavy atom. The lowest BCUT2D eigenvalue weighted by Gasteiger charge is -2.30. The van der Waals surface area contributed by atoms with Gasteiger partial charge in [-0.15, -0.1) is 0 Å². The molecule has 0 bridgehead atoms. The number of allylic oxidation sites excluding steroid dienone is 2. The molecule has 187 valence electrons. The standard InChI is InChI=1S/C19H22NO5.C7H14O2/c1-5-13-9-15(13)16-8-12(2)6-7-14(16)19(23)20(10-17(21)24-3)11-18(22)25-4;1-6(2)7(3,4)9-5-8-6/h6-9H,5,10-11H2,1-4H3;5H2,1-4H3. The van der Waals surface area contributed by atoms with Gasteiger partial charge in [-0.1, -0.05) is 30.7 Å². The molecule has 1 radical (unpaired) electrons. The van der Waals surface area contributed by atoms with Crippen molar-refractivity contribution in [1.29, 1.82) is 0 Å². The van der Waals surface area contributed by atoms with Crippen molar-refractivity contribution < 1.29 is 33.3 Å². The fraction of sp³-hybridized carbons (Fsp3) is 0.538. The van der Waals surface area contributed by atoms with E-state index in [1.165, 1.54) is 20.1 Å². The summed E-state index contributed by atoms with van der Waals surface area (Å²) in [6, 6.07) is 5.50. The summed E-state index contributed by atoms with van der Waals surface area (Å²) in [5, 5.41) is 0. The highest BCUT2D eigenvalue weighted by molar-refractivity contribution is 6.06. The third-order valence-electron chi connectivity index (χ3n) is 6.33. The van der Waals surface area contributed by atoms with Crippen molar-refractivity contribution in [2.45, 2.75) is 59.2 Å². The Labute approximate surface area is 202 Å². The van der Waals surface area contributed by atoms with Gasteiger partial charge in [0.1, 0.15) is 19.9 Å². The summed E-state index contributed by atoms with van der Waals surface area (Å²) in [4.78, 5) is 37.4. The predicted molar refractivity (Wildman–Crippen MR) is 128 cm³/mol. The molecular formula is C26H36NO7. The van der Waals surface area contributed by atoms with E-state index >= 15 is 0 Å². The molecule has 1 aromatic carbocycles. The molecular weight excluding hydrogens is 438 g/mol. The van der Waals surface area contributed by atoms with Crippen LogP contribution in [-0.2, 0) is 28.5 Å². The number of esters is 2. The predicted octanol–water partition coefficient (Wildman–Crippen LogP) is 3.71. The molecule has 1 aliphatic carbocycles. The summed E-state index contributed by atoms with van der Waals surface area (Å²) in [7, 11) is 2.47. The maximum Gasteiger partial charge on any atom is 0.325 e. The number of methoxy groups -OCH3 is 2. The van der Waals surface area contributed by atoms with Gasteiger partial charge in [-0.05, 0) is 58.2 Å². The number of ether oxygens (including phenoxy) is 4. The molecule has 1 fully saturated rings. The molecule has 1 saturated heterocycles. The Morgan fingerprint density at radius 1 is 0.971 bits per heavy atom. The van der Waals surface area contributed by atoms with E-state index in [9.17, 15) is 14.4 Å². The summed E-state index contributed by atoms with van der Waals surface area (Å²) in [5.41, 5.74) is 3.09. The van der Waals surface area contributed by atoms with Crippen LogP contribution in [0.2, 0.25) is 0 Å². The zero-order chi connectivity index (χ0) is 25.7. The zero-order valence-corrected chi connectivity index (χ0v) is 21.4. The first-order valence-electron chi connectivity index (χ1n) is 11.3. The van der Waals surface area contributed by atoms with Gasteiger partial charge in [0.2, 0.25) is 0 Å². The lowest BCUT2D eigenvalue weighted by molar-refractivity contribution is -0.144. The van der Waals surface area contributed by atoms with E-state index in [0.29, 0.717) is 12.4 Å². The van der Waals surface area contributed by atoms with E-state index in [2.05, 4.69) is 16.4 Å². The summed E-state index contributed by atoms with van der Waals surface area (Å²) >= 11 is 0. The van der Waals surface area contributed by atoms with Crippen molar-refractivity contribution in [3.05, 3.63) is 46.9 Å². The molecule has 0 atom stereocenters. The molecule has 8 heteroatoms. The van der Waals surface area contributed by atoms with Crippen LogP contribution in [0.4, 0.5) is 0 Å². The molecule has 0 aromatic heterocycles. The minimum absolute atomic E-state index is 0.132. The summed E-state index contributed by atoms with van der Waals surface area (Å²) in [6.07, 6.45) is 2.93. The molecule has 1 heterocycles. The average molecular weight is 475 g/mol. The second-order valence-corrected chi connectivity index (χ2v) is 9.23. The number of hydrogen-bond acceptors (Lipinski definition) is 7. The van der Waals surface area contributed by atoms with Crippen LogP contribution >= 0.6 is 0 Å². The number of carbonyl (C=O) groups is 3. The van der Waals surface area contributed by atoms with Crippen LogP contribution in [0.1, 0.15) is 62.5 Å². The Bertz CT molecular complexity index is 916. The second-order valence-electron chi connectivity index (χ2n) is 9.23. The van der Waals surface area contributed by atoms with Gasteiger partial charge >= 0.3 is 11.9 Å². The monoisotopic (exact) mass is 474 g/mol. The van der Waals surface area contributed by atoms with Crippen molar-refractivity contribution in [2.24, 2.45) is 0 Å². The van der Waals surface area contributed by atoms with Crippen molar-refractivity contribution in [3.8, 4) is 0 Å². The number of hydrogen-bond donors (Lipinski definition) is 0. The minimum atomic E-state index is -0.600. The van der Waals surface area contributed by atoms with Crippen LogP contribution in [0.15, 0.2) is 24.3 Å². The van der Waals surface area contributed by atoms with Gasteiger partial charge in [0.25, 0.3) is 5.91 Å². The quantitative estimate of drug-likeness (QED) is 0.556. The Balaban J connectivity index is 0.000000379. The smallest absolute Gasteiger partial charge is 0.325 e. The summed E-state index contributed by atoms with van der Waals surface area (Å²) in [6.45, 7) is 12.0. The van der Waals surface area contributed by atoms with Gasteiger partial charge < -0.3 is 23.8 Å². The molecule has 1 aliphatic heterocycles. The highest BCUT2D eigenvalue weighted by Crippen LogP contribution is 2.44. The number of amides is 1. The minimum Gasteiger partial charge on any atom is -0.468 e. The van der Waals surface area contributed by atoms with Crippen LogP contribution < -0.4 is 0 Å². The van der Waals surface area contributed by atoms with E-state index in [1.807, 2.05) is 52.8 Å². The summed E-state index contributed by atoms with van der Waals surface area (Å²) < 4.78 is 19.9. The first-order valence-corrected chi connectivity index (χ1v) is 11.3. The van der Waals surface area contributed by atoms with Crippen LogP contribution in [0.5, 0.6) is 0 Å². The van der Waals surface area contributed by atoms with Crippen molar-refractivity contribution >= 4 is 23.4 Å². The normalized spacial score (nSPS) is 17.7. The maximum atomic E-state index is 13.0. The number of aryl methyl sites for hydroxylation is 1. The highest BCUT2D eigenvalue weighted by atomic mass is 16.7. The number of nitrogens with zero attached hydrogens (tertiary/aromatic N) is 1. The molecule has 8 nitrogen and oxygen atoms in total. The van der Waals surface area contributed by atoms with E-state index in [0.717, 1.165) is 28.0 Å². The van der Waals surface area contributed by atoms with Gasteiger partial charge in [0, 0.05) is 11.5 Å². The fourth-order valence-electron chi connectivity index (χ4n) is 3.23. The second kappa shape index (κ2) is 11.1. The Kier molecular flexibility index (Phi) is 9.02. The lowest BCUT2D eigenvalue weighted by Crippen LogP contribution is -2.41. The molecule has 2 aliphatic rings. The van der Waals surface area contributed by atoms with Gasteiger partial charge in [0.15, 0.2) is 0 Å². The molecule has 34 heavy (non-hydrogen) atoms. The number of rotatable bonds is 7. The molecule has 3 rings (SSSR count). The van der Waals surface area contributed by atoms with Crippen LogP contribution in [0.3, 0.4) is 0 Å². The number of carbonyl (C=O) groups excluding carboxylic acids is 3. The van der Waals surface area contributed by atoms with Gasteiger partial charge in [-0.2, -0.15) is 0 Å². The highest BCUT2D eigenvalue weighted by Gasteiger charge is 2.44.